The van der Waals surface area contributed by atoms with Gasteiger partial charge in [0.1, 0.15) is 11.6 Å². The maximum atomic E-state index is 12.4. The number of piperazine rings is 1. The molecule has 1 aromatic carbocycles. The molecule has 1 N–H and O–H groups in total. The monoisotopic (exact) mass is 355 g/mol. The summed E-state index contributed by atoms with van der Waals surface area (Å²) >= 11 is 0. The fourth-order valence-electron chi connectivity index (χ4n) is 2.83. The van der Waals surface area contributed by atoms with Crippen molar-refractivity contribution >= 4 is 17.5 Å². The molecular formula is C19H25N5O2. The lowest BCUT2D eigenvalue weighted by Gasteiger charge is -2.35. The summed E-state index contributed by atoms with van der Waals surface area (Å²) in [6.45, 7) is 7.32. The van der Waals surface area contributed by atoms with E-state index >= 15 is 0 Å². The van der Waals surface area contributed by atoms with Crippen LogP contribution in [0.4, 0.5) is 16.3 Å². The molecule has 7 heteroatoms. The van der Waals surface area contributed by atoms with Gasteiger partial charge in [-0.15, -0.1) is 0 Å². The topological polar surface area (TPSA) is 70.6 Å². The van der Waals surface area contributed by atoms with E-state index in [1.165, 1.54) is 0 Å². The van der Waals surface area contributed by atoms with Crippen molar-refractivity contribution in [2.24, 2.45) is 0 Å². The second kappa shape index (κ2) is 8.51. The van der Waals surface area contributed by atoms with Gasteiger partial charge in [-0.3, -0.25) is 0 Å². The molecule has 1 fully saturated rings. The molecule has 0 radical (unpaired) electrons. The number of anilines is 2. The standard InChI is InChI=1S/C19H25N5O2/c1-3-13-26-18-14-17(20-15(2)21-18)23-9-11-24(12-10-23)19(25)22-16-7-5-4-6-8-16/h4-8,14H,3,9-13H2,1-2H3,(H,22,25). The molecular weight excluding hydrogens is 330 g/mol. The van der Waals surface area contributed by atoms with Gasteiger partial charge in [-0.25, -0.2) is 9.78 Å². The highest BCUT2D eigenvalue weighted by atomic mass is 16.5. The van der Waals surface area contributed by atoms with E-state index < -0.39 is 0 Å². The molecule has 1 aliphatic rings. The number of benzene rings is 1. The SMILES string of the molecule is CCCOc1cc(N2CCN(C(=O)Nc3ccccc3)CC2)nc(C)n1. The number of urea groups is 1. The molecule has 7 nitrogen and oxygen atoms in total. The highest BCUT2D eigenvalue weighted by molar-refractivity contribution is 5.89. The van der Waals surface area contributed by atoms with E-state index in [1.54, 1.807) is 0 Å². The summed E-state index contributed by atoms with van der Waals surface area (Å²) in [4.78, 5) is 25.2. The van der Waals surface area contributed by atoms with Crippen molar-refractivity contribution in [1.29, 1.82) is 0 Å². The van der Waals surface area contributed by atoms with Crippen molar-refractivity contribution in [2.75, 3.05) is 43.0 Å². The highest BCUT2D eigenvalue weighted by Gasteiger charge is 2.22. The smallest absolute Gasteiger partial charge is 0.321 e. The number of rotatable bonds is 5. The summed E-state index contributed by atoms with van der Waals surface area (Å²) in [7, 11) is 0. The average molecular weight is 355 g/mol. The Kier molecular flexibility index (Phi) is 5.88. The van der Waals surface area contributed by atoms with Crippen LogP contribution in [0.5, 0.6) is 5.88 Å². The quantitative estimate of drug-likeness (QED) is 0.893. The zero-order chi connectivity index (χ0) is 18.4. The zero-order valence-corrected chi connectivity index (χ0v) is 15.3. The normalized spacial score (nSPS) is 14.2. The van der Waals surface area contributed by atoms with Gasteiger partial charge >= 0.3 is 6.03 Å². The predicted octanol–water partition coefficient (Wildman–Crippen LogP) is 2.93. The third-order valence-electron chi connectivity index (χ3n) is 4.17. The predicted molar refractivity (Wildman–Crippen MR) is 102 cm³/mol. The fraction of sp³-hybridized carbons (Fsp3) is 0.421. The maximum absolute atomic E-state index is 12.4. The number of amides is 2. The van der Waals surface area contributed by atoms with Gasteiger partial charge in [0.2, 0.25) is 5.88 Å². The molecule has 0 atom stereocenters. The summed E-state index contributed by atoms with van der Waals surface area (Å²) in [5, 5.41) is 2.93. The van der Waals surface area contributed by atoms with Crippen LogP contribution in [0.1, 0.15) is 19.2 Å². The lowest BCUT2D eigenvalue weighted by atomic mass is 10.3. The third-order valence-corrected chi connectivity index (χ3v) is 4.17. The zero-order valence-electron chi connectivity index (χ0n) is 15.3. The van der Waals surface area contributed by atoms with Crippen molar-refractivity contribution in [1.82, 2.24) is 14.9 Å². The Morgan fingerprint density at radius 2 is 1.88 bits per heavy atom. The lowest BCUT2D eigenvalue weighted by molar-refractivity contribution is 0.208. The first kappa shape index (κ1) is 18.0. The van der Waals surface area contributed by atoms with E-state index in [4.69, 9.17) is 4.74 Å². The van der Waals surface area contributed by atoms with Crippen LogP contribution in [0.15, 0.2) is 36.4 Å². The Labute approximate surface area is 154 Å². The van der Waals surface area contributed by atoms with Gasteiger partial charge in [0.25, 0.3) is 0 Å². The summed E-state index contributed by atoms with van der Waals surface area (Å²) in [5.74, 6) is 2.16. The van der Waals surface area contributed by atoms with Crippen molar-refractivity contribution in [3.8, 4) is 5.88 Å². The Morgan fingerprint density at radius 3 is 2.58 bits per heavy atom. The molecule has 26 heavy (non-hydrogen) atoms. The van der Waals surface area contributed by atoms with Gasteiger partial charge < -0.3 is 19.9 Å². The van der Waals surface area contributed by atoms with Crippen LogP contribution in [0.3, 0.4) is 0 Å². The first-order chi connectivity index (χ1) is 12.7. The number of nitrogens with zero attached hydrogens (tertiary/aromatic N) is 4. The number of para-hydroxylation sites is 1. The Morgan fingerprint density at radius 1 is 1.15 bits per heavy atom. The minimum Gasteiger partial charge on any atom is -0.478 e. The molecule has 1 aliphatic heterocycles. The van der Waals surface area contributed by atoms with Crippen molar-refractivity contribution in [3.63, 3.8) is 0 Å². The van der Waals surface area contributed by atoms with E-state index in [9.17, 15) is 4.79 Å². The van der Waals surface area contributed by atoms with Crippen LogP contribution >= 0.6 is 0 Å². The number of aromatic nitrogens is 2. The maximum Gasteiger partial charge on any atom is 0.321 e. The van der Waals surface area contributed by atoms with E-state index in [0.717, 1.165) is 31.0 Å². The Hall–Kier alpha value is -2.83. The van der Waals surface area contributed by atoms with Gasteiger partial charge in [-0.1, -0.05) is 25.1 Å². The summed E-state index contributed by atoms with van der Waals surface area (Å²) in [6, 6.07) is 11.3. The lowest BCUT2D eigenvalue weighted by Crippen LogP contribution is -2.50. The fourth-order valence-corrected chi connectivity index (χ4v) is 2.83. The van der Waals surface area contributed by atoms with E-state index in [1.807, 2.05) is 48.2 Å². The number of ether oxygens (including phenoxy) is 1. The molecule has 0 bridgehead atoms. The minimum absolute atomic E-state index is 0.0679. The molecule has 138 valence electrons. The molecule has 0 saturated carbocycles. The summed E-state index contributed by atoms with van der Waals surface area (Å²) in [5.41, 5.74) is 0.809. The van der Waals surface area contributed by atoms with Crippen LogP contribution in [-0.4, -0.2) is 53.7 Å². The van der Waals surface area contributed by atoms with Crippen LogP contribution in [0.25, 0.3) is 0 Å². The molecule has 0 spiro atoms. The first-order valence-corrected chi connectivity index (χ1v) is 9.00. The van der Waals surface area contributed by atoms with Gasteiger partial charge in [0, 0.05) is 37.9 Å². The minimum atomic E-state index is -0.0679. The third kappa shape index (κ3) is 4.62. The second-order valence-electron chi connectivity index (χ2n) is 6.23. The van der Waals surface area contributed by atoms with Gasteiger partial charge in [0.15, 0.2) is 0 Å². The molecule has 1 saturated heterocycles. The van der Waals surface area contributed by atoms with Gasteiger partial charge in [-0.05, 0) is 25.5 Å². The second-order valence-corrected chi connectivity index (χ2v) is 6.23. The average Bonchev–Trinajstić information content (AvgIpc) is 2.67. The number of carbonyl (C=O) groups excluding carboxylic acids is 1. The number of hydrogen-bond acceptors (Lipinski definition) is 5. The van der Waals surface area contributed by atoms with E-state index in [2.05, 4.69) is 27.1 Å². The van der Waals surface area contributed by atoms with E-state index in [0.29, 0.717) is 31.4 Å². The van der Waals surface area contributed by atoms with Gasteiger partial charge in [-0.2, -0.15) is 4.98 Å². The van der Waals surface area contributed by atoms with Crippen molar-refractivity contribution in [3.05, 3.63) is 42.2 Å². The van der Waals surface area contributed by atoms with Crippen LogP contribution in [-0.2, 0) is 0 Å². The van der Waals surface area contributed by atoms with Crippen LogP contribution in [0, 0.1) is 6.92 Å². The van der Waals surface area contributed by atoms with Crippen LogP contribution in [0.2, 0.25) is 0 Å². The highest BCUT2D eigenvalue weighted by Crippen LogP contribution is 2.19. The van der Waals surface area contributed by atoms with Crippen LogP contribution < -0.4 is 15.0 Å². The Balaban J connectivity index is 1.58. The molecule has 2 aromatic rings. The van der Waals surface area contributed by atoms with Crippen molar-refractivity contribution in [2.45, 2.75) is 20.3 Å². The molecule has 1 aromatic heterocycles. The first-order valence-electron chi connectivity index (χ1n) is 9.00. The molecule has 0 aliphatic carbocycles. The summed E-state index contributed by atoms with van der Waals surface area (Å²) < 4.78 is 5.64. The number of nitrogens with one attached hydrogen (secondary N) is 1. The summed E-state index contributed by atoms with van der Waals surface area (Å²) in [6.07, 6.45) is 0.938. The van der Waals surface area contributed by atoms with Gasteiger partial charge in [0.05, 0.1) is 6.61 Å². The number of aryl methyl sites for hydroxylation is 1. The molecule has 2 amide bonds. The molecule has 0 unspecified atom stereocenters. The largest absolute Gasteiger partial charge is 0.478 e. The van der Waals surface area contributed by atoms with Crippen molar-refractivity contribution < 1.29 is 9.53 Å². The molecule has 3 rings (SSSR count). The number of hydrogen-bond donors (Lipinski definition) is 1. The van der Waals surface area contributed by atoms with E-state index in [-0.39, 0.29) is 6.03 Å². The Bertz CT molecular complexity index is 730. The molecule has 2 heterocycles. The number of carbonyl (C=O) groups is 1.